The Morgan fingerprint density at radius 1 is 1.09 bits per heavy atom. The van der Waals surface area contributed by atoms with Gasteiger partial charge in [-0.15, -0.1) is 0 Å². The third-order valence-electron chi connectivity index (χ3n) is 5.38. The number of piperazine rings is 1. The SMILES string of the molecule is CCCOc1cc(-c2cccc(N3CCN(C(=O)OC(C)(C)C)CC3)n2)ccc1C(C)C. The molecule has 1 aromatic heterocycles. The zero-order valence-corrected chi connectivity index (χ0v) is 20.4. The molecule has 0 atom stereocenters. The first-order chi connectivity index (χ1) is 15.2. The van der Waals surface area contributed by atoms with Crippen molar-refractivity contribution in [2.45, 2.75) is 59.5 Å². The van der Waals surface area contributed by atoms with Crippen molar-refractivity contribution in [3.63, 3.8) is 0 Å². The highest BCUT2D eigenvalue weighted by Gasteiger charge is 2.26. The highest BCUT2D eigenvalue weighted by atomic mass is 16.6. The number of anilines is 1. The highest BCUT2D eigenvalue weighted by Crippen LogP contribution is 2.32. The molecule has 1 aromatic carbocycles. The van der Waals surface area contributed by atoms with Crippen LogP contribution in [0.25, 0.3) is 11.3 Å². The summed E-state index contributed by atoms with van der Waals surface area (Å²) in [7, 11) is 0. The lowest BCUT2D eigenvalue weighted by atomic mass is 9.99. The summed E-state index contributed by atoms with van der Waals surface area (Å²) in [6, 6.07) is 12.5. The Morgan fingerprint density at radius 2 is 1.81 bits per heavy atom. The quantitative estimate of drug-likeness (QED) is 0.576. The van der Waals surface area contributed by atoms with Gasteiger partial charge in [-0.1, -0.05) is 39.0 Å². The normalized spacial score (nSPS) is 14.6. The van der Waals surface area contributed by atoms with E-state index in [1.165, 1.54) is 5.56 Å². The molecule has 1 saturated heterocycles. The third kappa shape index (κ3) is 6.15. The van der Waals surface area contributed by atoms with Crippen LogP contribution < -0.4 is 9.64 Å². The molecule has 0 spiro atoms. The number of amides is 1. The molecule has 6 heteroatoms. The van der Waals surface area contributed by atoms with E-state index in [9.17, 15) is 4.79 Å². The molecule has 1 amide bonds. The lowest BCUT2D eigenvalue weighted by Crippen LogP contribution is -2.50. The zero-order valence-electron chi connectivity index (χ0n) is 20.4. The van der Waals surface area contributed by atoms with Crippen LogP contribution in [0.2, 0.25) is 0 Å². The molecule has 0 N–H and O–H groups in total. The molecule has 32 heavy (non-hydrogen) atoms. The molecule has 6 nitrogen and oxygen atoms in total. The fraction of sp³-hybridized carbons (Fsp3) is 0.538. The molecular weight excluding hydrogens is 402 g/mol. The molecule has 2 heterocycles. The van der Waals surface area contributed by atoms with E-state index >= 15 is 0 Å². The van der Waals surface area contributed by atoms with Gasteiger partial charge in [0.2, 0.25) is 0 Å². The predicted octanol–water partition coefficient (Wildman–Crippen LogP) is 5.72. The van der Waals surface area contributed by atoms with Gasteiger partial charge < -0.3 is 19.3 Å². The molecule has 0 unspecified atom stereocenters. The number of carbonyl (C=O) groups is 1. The second-order valence-corrected chi connectivity index (χ2v) is 9.59. The molecular formula is C26H37N3O3. The van der Waals surface area contributed by atoms with E-state index in [-0.39, 0.29) is 6.09 Å². The summed E-state index contributed by atoms with van der Waals surface area (Å²) in [5, 5.41) is 0. The molecule has 174 valence electrons. The standard InChI is InChI=1S/C26H37N3O3/c1-7-17-31-23-18-20(11-12-21(23)19(2)3)22-9-8-10-24(27-22)28-13-15-29(16-14-28)25(30)32-26(4,5)6/h8-12,18-19H,7,13-17H2,1-6H3. The Bertz CT molecular complexity index is 913. The Morgan fingerprint density at radius 3 is 2.44 bits per heavy atom. The predicted molar refractivity (Wildman–Crippen MR) is 130 cm³/mol. The average molecular weight is 440 g/mol. The summed E-state index contributed by atoms with van der Waals surface area (Å²) in [5.74, 6) is 2.27. The Labute approximate surface area is 192 Å². The van der Waals surface area contributed by atoms with Crippen LogP contribution in [0.15, 0.2) is 36.4 Å². The van der Waals surface area contributed by atoms with Crippen LogP contribution in [-0.4, -0.2) is 54.4 Å². The van der Waals surface area contributed by atoms with E-state index in [0.29, 0.717) is 25.6 Å². The zero-order chi connectivity index (χ0) is 23.3. The summed E-state index contributed by atoms with van der Waals surface area (Å²) in [5.41, 5.74) is 2.72. The maximum absolute atomic E-state index is 12.3. The van der Waals surface area contributed by atoms with E-state index in [1.807, 2.05) is 39.0 Å². The molecule has 0 bridgehead atoms. The van der Waals surface area contributed by atoms with Gasteiger partial charge in [-0.3, -0.25) is 0 Å². The molecule has 1 aliphatic rings. The van der Waals surface area contributed by atoms with E-state index in [1.54, 1.807) is 4.90 Å². The van der Waals surface area contributed by atoms with Crippen LogP contribution in [0.3, 0.4) is 0 Å². The van der Waals surface area contributed by atoms with Crippen molar-refractivity contribution in [2.75, 3.05) is 37.7 Å². The lowest BCUT2D eigenvalue weighted by Gasteiger charge is -2.36. The van der Waals surface area contributed by atoms with Crippen LogP contribution >= 0.6 is 0 Å². The average Bonchev–Trinajstić information content (AvgIpc) is 2.76. The monoisotopic (exact) mass is 439 g/mol. The first-order valence-corrected chi connectivity index (χ1v) is 11.6. The Hall–Kier alpha value is -2.76. The second-order valence-electron chi connectivity index (χ2n) is 9.59. The third-order valence-corrected chi connectivity index (χ3v) is 5.38. The van der Waals surface area contributed by atoms with Crippen molar-refractivity contribution in [3.05, 3.63) is 42.0 Å². The number of carbonyl (C=O) groups excluding carboxylic acids is 1. The molecule has 2 aromatic rings. The van der Waals surface area contributed by atoms with E-state index in [2.05, 4.69) is 43.9 Å². The lowest BCUT2D eigenvalue weighted by molar-refractivity contribution is 0.0240. The number of rotatable bonds is 6. The smallest absolute Gasteiger partial charge is 0.410 e. The molecule has 3 rings (SSSR count). The van der Waals surface area contributed by atoms with E-state index in [4.69, 9.17) is 14.5 Å². The number of aromatic nitrogens is 1. The molecule has 1 aliphatic heterocycles. The number of benzene rings is 1. The van der Waals surface area contributed by atoms with Crippen molar-refractivity contribution in [3.8, 4) is 17.0 Å². The number of nitrogens with zero attached hydrogens (tertiary/aromatic N) is 3. The fourth-order valence-electron chi connectivity index (χ4n) is 3.71. The van der Waals surface area contributed by atoms with Gasteiger partial charge in [0.05, 0.1) is 12.3 Å². The van der Waals surface area contributed by atoms with Gasteiger partial charge in [-0.2, -0.15) is 0 Å². The van der Waals surface area contributed by atoms with Crippen LogP contribution in [0, 0.1) is 0 Å². The van der Waals surface area contributed by atoms with Crippen LogP contribution in [0.4, 0.5) is 10.6 Å². The van der Waals surface area contributed by atoms with Crippen LogP contribution in [-0.2, 0) is 4.74 Å². The summed E-state index contributed by atoms with van der Waals surface area (Å²) >= 11 is 0. The van der Waals surface area contributed by atoms with Crippen molar-refractivity contribution in [2.24, 2.45) is 0 Å². The van der Waals surface area contributed by atoms with Crippen LogP contribution in [0.5, 0.6) is 5.75 Å². The summed E-state index contributed by atoms with van der Waals surface area (Å²) in [4.78, 5) is 21.3. The van der Waals surface area contributed by atoms with E-state index in [0.717, 1.165) is 42.3 Å². The largest absolute Gasteiger partial charge is 0.493 e. The number of pyridine rings is 1. The molecule has 0 saturated carbocycles. The minimum Gasteiger partial charge on any atom is -0.493 e. The number of ether oxygens (including phenoxy) is 2. The Kier molecular flexibility index (Phi) is 7.64. The van der Waals surface area contributed by atoms with Gasteiger partial charge in [0, 0.05) is 31.7 Å². The maximum Gasteiger partial charge on any atom is 0.410 e. The maximum atomic E-state index is 12.3. The first-order valence-electron chi connectivity index (χ1n) is 11.6. The van der Waals surface area contributed by atoms with Gasteiger partial charge in [0.15, 0.2) is 0 Å². The molecule has 0 radical (unpaired) electrons. The minimum atomic E-state index is -0.477. The summed E-state index contributed by atoms with van der Waals surface area (Å²) in [6.07, 6.45) is 0.730. The number of hydrogen-bond donors (Lipinski definition) is 0. The summed E-state index contributed by atoms with van der Waals surface area (Å²) < 4.78 is 11.5. The van der Waals surface area contributed by atoms with Crippen LogP contribution in [0.1, 0.15) is 59.4 Å². The minimum absolute atomic E-state index is 0.247. The van der Waals surface area contributed by atoms with Crippen molar-refractivity contribution in [1.29, 1.82) is 0 Å². The van der Waals surface area contributed by atoms with Crippen molar-refractivity contribution in [1.82, 2.24) is 9.88 Å². The van der Waals surface area contributed by atoms with Crippen molar-refractivity contribution >= 4 is 11.9 Å². The number of hydrogen-bond acceptors (Lipinski definition) is 5. The Balaban J connectivity index is 1.73. The fourth-order valence-corrected chi connectivity index (χ4v) is 3.71. The van der Waals surface area contributed by atoms with Gasteiger partial charge >= 0.3 is 6.09 Å². The molecule has 0 aliphatic carbocycles. The highest BCUT2D eigenvalue weighted by molar-refractivity contribution is 5.69. The second kappa shape index (κ2) is 10.2. The van der Waals surface area contributed by atoms with E-state index < -0.39 is 5.60 Å². The van der Waals surface area contributed by atoms with Gasteiger partial charge in [0.1, 0.15) is 17.2 Å². The molecule has 1 fully saturated rings. The van der Waals surface area contributed by atoms with Gasteiger partial charge in [-0.05, 0) is 56.9 Å². The topological polar surface area (TPSA) is 54.9 Å². The summed E-state index contributed by atoms with van der Waals surface area (Å²) in [6.45, 7) is 15.6. The van der Waals surface area contributed by atoms with Gasteiger partial charge in [0.25, 0.3) is 0 Å². The van der Waals surface area contributed by atoms with Gasteiger partial charge in [-0.25, -0.2) is 9.78 Å². The van der Waals surface area contributed by atoms with Crippen molar-refractivity contribution < 1.29 is 14.3 Å². The first kappa shape index (κ1) is 23.9.